The number of likely N-dealkylation sites (N-methyl/N-ethyl adjacent to an activating group) is 1. The average molecular weight is 201 g/mol. The lowest BCUT2D eigenvalue weighted by atomic mass is 10.2. The van der Waals surface area contributed by atoms with Crippen LogP contribution in [0.1, 0.15) is 5.56 Å². The van der Waals surface area contributed by atoms with E-state index in [2.05, 4.69) is 24.0 Å². The molecule has 0 bridgehead atoms. The van der Waals surface area contributed by atoms with Crippen molar-refractivity contribution in [1.29, 1.82) is 0 Å². The summed E-state index contributed by atoms with van der Waals surface area (Å²) in [6.07, 6.45) is 6.07. The smallest absolute Gasteiger partial charge is 0.127 e. The minimum Gasteiger partial charge on any atom is -0.458 e. The van der Waals surface area contributed by atoms with Crippen molar-refractivity contribution in [1.82, 2.24) is 4.90 Å². The van der Waals surface area contributed by atoms with Crippen molar-refractivity contribution in [2.75, 3.05) is 13.6 Å². The Bertz CT molecular complexity index is 407. The Morgan fingerprint density at radius 2 is 2.20 bits per heavy atom. The Morgan fingerprint density at radius 1 is 1.33 bits per heavy atom. The fraction of sp³-hybridized carbons (Fsp3) is 0.231. The van der Waals surface area contributed by atoms with Crippen LogP contribution in [0.5, 0.6) is 5.75 Å². The summed E-state index contributed by atoms with van der Waals surface area (Å²) < 4.78 is 5.73. The van der Waals surface area contributed by atoms with Crippen molar-refractivity contribution in [2.24, 2.45) is 0 Å². The van der Waals surface area contributed by atoms with Crippen molar-refractivity contribution in [3.63, 3.8) is 0 Å². The third-order valence-electron chi connectivity index (χ3n) is 2.30. The highest BCUT2D eigenvalue weighted by Crippen LogP contribution is 2.17. The molecule has 0 saturated carbocycles. The molecule has 0 N–H and O–H groups in total. The van der Waals surface area contributed by atoms with E-state index in [-0.39, 0.29) is 0 Å². The Balaban J connectivity index is 2.07. The molecule has 0 fully saturated rings. The van der Waals surface area contributed by atoms with Crippen LogP contribution < -0.4 is 4.74 Å². The second-order valence-electron chi connectivity index (χ2n) is 3.78. The zero-order valence-corrected chi connectivity index (χ0v) is 9.10. The molecular formula is C13H15NO. The van der Waals surface area contributed by atoms with Gasteiger partial charge in [-0.3, -0.25) is 0 Å². The van der Waals surface area contributed by atoms with Crippen molar-refractivity contribution >= 4 is 0 Å². The molecule has 1 aromatic rings. The first-order valence-electron chi connectivity index (χ1n) is 5.07. The second-order valence-corrected chi connectivity index (χ2v) is 3.78. The number of rotatable bonds is 2. The highest BCUT2D eigenvalue weighted by Gasteiger charge is 2.02. The molecule has 0 unspecified atom stereocenters. The molecule has 2 nitrogen and oxygen atoms in total. The zero-order chi connectivity index (χ0) is 10.7. The van der Waals surface area contributed by atoms with Gasteiger partial charge >= 0.3 is 0 Å². The molecule has 0 aliphatic carbocycles. The first kappa shape index (κ1) is 9.84. The Labute approximate surface area is 90.5 Å². The summed E-state index contributed by atoms with van der Waals surface area (Å²) in [5.74, 6) is 1.81. The van der Waals surface area contributed by atoms with Crippen LogP contribution >= 0.6 is 0 Å². The summed E-state index contributed by atoms with van der Waals surface area (Å²) in [7, 11) is 2.04. The topological polar surface area (TPSA) is 12.5 Å². The van der Waals surface area contributed by atoms with Crippen LogP contribution in [0.4, 0.5) is 0 Å². The summed E-state index contributed by atoms with van der Waals surface area (Å²) >= 11 is 0. The molecule has 15 heavy (non-hydrogen) atoms. The minimum absolute atomic E-state index is 0.899. The summed E-state index contributed by atoms with van der Waals surface area (Å²) in [4.78, 5) is 2.10. The van der Waals surface area contributed by atoms with E-state index in [4.69, 9.17) is 4.74 Å². The van der Waals surface area contributed by atoms with Crippen LogP contribution in [0.25, 0.3) is 0 Å². The minimum atomic E-state index is 0.899. The lowest BCUT2D eigenvalue weighted by Gasteiger charge is -2.17. The fourth-order valence-electron chi connectivity index (χ4n) is 1.45. The maximum Gasteiger partial charge on any atom is 0.127 e. The van der Waals surface area contributed by atoms with Crippen LogP contribution in [-0.2, 0) is 0 Å². The van der Waals surface area contributed by atoms with Crippen molar-refractivity contribution in [3.05, 3.63) is 53.9 Å². The summed E-state index contributed by atoms with van der Waals surface area (Å²) in [6, 6.07) is 8.07. The van der Waals surface area contributed by atoms with Gasteiger partial charge in [0, 0.05) is 19.8 Å². The normalized spacial score (nSPS) is 15.1. The first-order chi connectivity index (χ1) is 7.24. The molecule has 0 spiro atoms. The Hall–Kier alpha value is -1.70. The maximum atomic E-state index is 5.73. The molecule has 0 amide bonds. The molecule has 0 aromatic heterocycles. The summed E-state index contributed by atoms with van der Waals surface area (Å²) in [5.41, 5.74) is 1.21. The third kappa shape index (κ3) is 2.62. The monoisotopic (exact) mass is 201 g/mol. The fourth-order valence-corrected chi connectivity index (χ4v) is 1.45. The van der Waals surface area contributed by atoms with Crippen LogP contribution in [-0.4, -0.2) is 18.5 Å². The number of benzene rings is 1. The molecule has 1 aliphatic heterocycles. The third-order valence-corrected chi connectivity index (χ3v) is 2.30. The predicted molar refractivity (Wildman–Crippen MR) is 61.7 cm³/mol. The molecule has 2 rings (SSSR count). The summed E-state index contributed by atoms with van der Waals surface area (Å²) in [6.45, 7) is 2.96. The predicted octanol–water partition coefficient (Wildman–Crippen LogP) is 2.72. The lowest BCUT2D eigenvalue weighted by molar-refractivity contribution is 0.415. The molecule has 0 atom stereocenters. The van der Waals surface area contributed by atoms with Gasteiger partial charge in [-0.25, -0.2) is 0 Å². The number of hydrogen-bond acceptors (Lipinski definition) is 2. The molecule has 0 saturated heterocycles. The lowest BCUT2D eigenvalue weighted by Crippen LogP contribution is -2.15. The average Bonchev–Trinajstić information content (AvgIpc) is 2.22. The number of ether oxygens (including phenoxy) is 1. The highest BCUT2D eigenvalue weighted by molar-refractivity contribution is 5.31. The summed E-state index contributed by atoms with van der Waals surface area (Å²) in [5, 5.41) is 0. The van der Waals surface area contributed by atoms with Gasteiger partial charge in [0.15, 0.2) is 0 Å². The number of nitrogens with zero attached hydrogens (tertiary/aromatic N) is 1. The standard InChI is InChI=1S/C13H15NO/c1-11-4-3-5-13(10-11)15-12-6-8-14(2)9-7-12/h3-8,10H,9H2,1-2H3. The molecule has 1 aromatic carbocycles. The Morgan fingerprint density at radius 3 is 2.87 bits per heavy atom. The van der Waals surface area contributed by atoms with Crippen LogP contribution in [0, 0.1) is 6.92 Å². The molecular weight excluding hydrogens is 186 g/mol. The van der Waals surface area contributed by atoms with Crippen molar-refractivity contribution in [2.45, 2.75) is 6.92 Å². The van der Waals surface area contributed by atoms with E-state index in [1.165, 1.54) is 5.56 Å². The van der Waals surface area contributed by atoms with Gasteiger partial charge in [0.25, 0.3) is 0 Å². The molecule has 2 heteroatoms. The van der Waals surface area contributed by atoms with E-state index in [1.54, 1.807) is 0 Å². The van der Waals surface area contributed by atoms with Gasteiger partial charge in [0.05, 0.1) is 0 Å². The second kappa shape index (κ2) is 4.22. The molecule has 1 heterocycles. The van der Waals surface area contributed by atoms with Gasteiger partial charge in [-0.2, -0.15) is 0 Å². The van der Waals surface area contributed by atoms with Gasteiger partial charge in [-0.1, -0.05) is 12.1 Å². The molecule has 0 radical (unpaired) electrons. The van der Waals surface area contributed by atoms with Crippen LogP contribution in [0.15, 0.2) is 48.4 Å². The maximum absolute atomic E-state index is 5.73. The van der Waals surface area contributed by atoms with E-state index in [1.807, 2.05) is 37.5 Å². The van der Waals surface area contributed by atoms with Gasteiger partial charge < -0.3 is 9.64 Å². The number of allylic oxidation sites excluding steroid dienone is 1. The Kier molecular flexibility index (Phi) is 2.77. The SMILES string of the molecule is Cc1cccc(OC2=CCN(C)C=C2)c1. The van der Waals surface area contributed by atoms with E-state index < -0.39 is 0 Å². The molecule has 1 aliphatic rings. The number of hydrogen-bond donors (Lipinski definition) is 0. The molecule has 78 valence electrons. The van der Waals surface area contributed by atoms with E-state index in [9.17, 15) is 0 Å². The van der Waals surface area contributed by atoms with E-state index >= 15 is 0 Å². The van der Waals surface area contributed by atoms with Gasteiger partial charge in [0.1, 0.15) is 11.5 Å². The first-order valence-corrected chi connectivity index (χ1v) is 5.07. The van der Waals surface area contributed by atoms with Crippen LogP contribution in [0.3, 0.4) is 0 Å². The van der Waals surface area contributed by atoms with E-state index in [0.29, 0.717) is 0 Å². The number of aryl methyl sites for hydroxylation is 1. The van der Waals surface area contributed by atoms with Crippen LogP contribution in [0.2, 0.25) is 0 Å². The van der Waals surface area contributed by atoms with Gasteiger partial charge in [-0.15, -0.1) is 0 Å². The largest absolute Gasteiger partial charge is 0.458 e. The van der Waals surface area contributed by atoms with Crippen molar-refractivity contribution < 1.29 is 4.74 Å². The van der Waals surface area contributed by atoms with E-state index in [0.717, 1.165) is 18.1 Å². The highest BCUT2D eigenvalue weighted by atomic mass is 16.5. The van der Waals surface area contributed by atoms with Gasteiger partial charge in [-0.05, 0) is 36.8 Å². The van der Waals surface area contributed by atoms with Crippen molar-refractivity contribution in [3.8, 4) is 5.75 Å². The zero-order valence-electron chi connectivity index (χ0n) is 9.10. The quantitative estimate of drug-likeness (QED) is 0.729. The van der Waals surface area contributed by atoms with Gasteiger partial charge in [0.2, 0.25) is 0 Å².